The standard InChI is InChI=1S/C20H15NO5S2/c22-17(23)11-15(19(25)26)21-18(24)16(28-20(21)27)10-12-6-8-14(9-7-12)13-4-2-1-3-5-13/h1-10,15H,11H2,(H,22,23)(H,25,26)/b16-10-. The zero-order chi connectivity index (χ0) is 20.3. The lowest BCUT2D eigenvalue weighted by Crippen LogP contribution is -2.45. The van der Waals surface area contributed by atoms with E-state index in [1.165, 1.54) is 0 Å². The number of amides is 1. The minimum absolute atomic E-state index is 0.0332. The molecule has 0 bridgehead atoms. The van der Waals surface area contributed by atoms with Gasteiger partial charge in [-0.1, -0.05) is 78.6 Å². The monoisotopic (exact) mass is 413 g/mol. The molecule has 0 saturated carbocycles. The van der Waals surface area contributed by atoms with Crippen LogP contribution in [0.1, 0.15) is 12.0 Å². The molecule has 1 saturated heterocycles. The second kappa shape index (κ2) is 8.37. The van der Waals surface area contributed by atoms with E-state index in [-0.39, 0.29) is 9.23 Å². The Labute approximate surface area is 170 Å². The third-order valence-corrected chi connectivity index (χ3v) is 5.43. The number of hydrogen-bond acceptors (Lipinski definition) is 5. The van der Waals surface area contributed by atoms with Crippen LogP contribution in [0.2, 0.25) is 0 Å². The first-order valence-electron chi connectivity index (χ1n) is 8.24. The highest BCUT2D eigenvalue weighted by molar-refractivity contribution is 8.26. The first-order chi connectivity index (χ1) is 13.4. The van der Waals surface area contributed by atoms with Gasteiger partial charge in [-0.15, -0.1) is 0 Å². The van der Waals surface area contributed by atoms with Gasteiger partial charge in [-0.2, -0.15) is 0 Å². The van der Waals surface area contributed by atoms with Crippen LogP contribution in [0.3, 0.4) is 0 Å². The van der Waals surface area contributed by atoms with Crippen LogP contribution in [0.15, 0.2) is 59.5 Å². The van der Waals surface area contributed by atoms with Crippen LogP contribution in [-0.2, 0) is 14.4 Å². The molecule has 2 aromatic rings. The molecule has 0 radical (unpaired) electrons. The van der Waals surface area contributed by atoms with Crippen LogP contribution >= 0.6 is 24.0 Å². The Morgan fingerprint density at radius 2 is 1.64 bits per heavy atom. The van der Waals surface area contributed by atoms with E-state index in [2.05, 4.69) is 0 Å². The molecule has 1 heterocycles. The van der Waals surface area contributed by atoms with Gasteiger partial charge < -0.3 is 10.2 Å². The summed E-state index contributed by atoms with van der Waals surface area (Å²) in [5.74, 6) is -3.33. The van der Waals surface area contributed by atoms with E-state index < -0.39 is 30.3 Å². The Hall–Kier alpha value is -2.97. The van der Waals surface area contributed by atoms with Gasteiger partial charge in [0.2, 0.25) is 0 Å². The highest BCUT2D eigenvalue weighted by atomic mass is 32.2. The smallest absolute Gasteiger partial charge is 0.327 e. The van der Waals surface area contributed by atoms with E-state index in [9.17, 15) is 19.5 Å². The number of nitrogens with zero attached hydrogens (tertiary/aromatic N) is 1. The molecule has 0 aromatic heterocycles. The molecule has 3 rings (SSSR count). The molecule has 1 unspecified atom stereocenters. The molecule has 8 heteroatoms. The van der Waals surface area contributed by atoms with Gasteiger partial charge >= 0.3 is 11.9 Å². The van der Waals surface area contributed by atoms with Crippen molar-refractivity contribution in [1.82, 2.24) is 4.90 Å². The van der Waals surface area contributed by atoms with Crippen molar-refractivity contribution in [2.45, 2.75) is 12.5 Å². The number of aliphatic carboxylic acids is 2. The number of carboxylic acid groups (broad SMARTS) is 2. The topological polar surface area (TPSA) is 94.9 Å². The van der Waals surface area contributed by atoms with Gasteiger partial charge in [0.25, 0.3) is 5.91 Å². The fourth-order valence-electron chi connectivity index (χ4n) is 2.76. The van der Waals surface area contributed by atoms with E-state index in [1.54, 1.807) is 6.08 Å². The van der Waals surface area contributed by atoms with Gasteiger partial charge in [-0.25, -0.2) is 4.79 Å². The Kier molecular flexibility index (Phi) is 5.91. The van der Waals surface area contributed by atoms with Crippen molar-refractivity contribution in [3.63, 3.8) is 0 Å². The SMILES string of the molecule is O=C(O)CC(C(=O)O)N1C(=O)/C(=C/c2ccc(-c3ccccc3)cc2)SC1=S. The average Bonchev–Trinajstić information content (AvgIpc) is 2.94. The maximum absolute atomic E-state index is 12.6. The zero-order valence-electron chi connectivity index (χ0n) is 14.4. The van der Waals surface area contributed by atoms with Crippen LogP contribution in [0.25, 0.3) is 17.2 Å². The first-order valence-corrected chi connectivity index (χ1v) is 9.46. The van der Waals surface area contributed by atoms with Gasteiger partial charge in [-0.05, 0) is 22.8 Å². The summed E-state index contributed by atoms with van der Waals surface area (Å²) in [6, 6.07) is 15.8. The summed E-state index contributed by atoms with van der Waals surface area (Å²) in [6.07, 6.45) is 0.897. The molecular weight excluding hydrogens is 398 g/mol. The largest absolute Gasteiger partial charge is 0.481 e. The molecule has 28 heavy (non-hydrogen) atoms. The van der Waals surface area contributed by atoms with Crippen LogP contribution < -0.4 is 0 Å². The van der Waals surface area contributed by atoms with E-state index in [0.717, 1.165) is 33.4 Å². The minimum Gasteiger partial charge on any atom is -0.481 e. The number of carbonyl (C=O) groups excluding carboxylic acids is 1. The molecular formula is C20H15NO5S2. The molecule has 142 valence electrons. The zero-order valence-corrected chi connectivity index (χ0v) is 16.1. The van der Waals surface area contributed by atoms with Gasteiger partial charge in [0.05, 0.1) is 11.3 Å². The number of hydrogen-bond donors (Lipinski definition) is 2. The molecule has 1 fully saturated rings. The third kappa shape index (κ3) is 4.29. The predicted molar refractivity (Wildman–Crippen MR) is 111 cm³/mol. The van der Waals surface area contributed by atoms with E-state index in [4.69, 9.17) is 17.3 Å². The van der Waals surface area contributed by atoms with Crippen molar-refractivity contribution >= 4 is 52.2 Å². The number of carbonyl (C=O) groups is 3. The second-order valence-electron chi connectivity index (χ2n) is 5.99. The van der Waals surface area contributed by atoms with Gasteiger partial charge in [0, 0.05) is 0 Å². The quantitative estimate of drug-likeness (QED) is 0.553. The fourth-order valence-corrected chi connectivity index (χ4v) is 4.11. The van der Waals surface area contributed by atoms with Crippen LogP contribution in [0, 0.1) is 0 Å². The minimum atomic E-state index is -1.53. The summed E-state index contributed by atoms with van der Waals surface area (Å²) in [7, 11) is 0. The van der Waals surface area contributed by atoms with Crippen molar-refractivity contribution in [1.29, 1.82) is 0 Å². The molecule has 0 aliphatic carbocycles. The van der Waals surface area contributed by atoms with Crippen molar-refractivity contribution in [2.75, 3.05) is 0 Å². The van der Waals surface area contributed by atoms with Crippen molar-refractivity contribution < 1.29 is 24.6 Å². The van der Waals surface area contributed by atoms with E-state index in [0.29, 0.717) is 0 Å². The number of thioether (sulfide) groups is 1. The third-order valence-electron chi connectivity index (χ3n) is 4.10. The maximum atomic E-state index is 12.6. The molecule has 6 nitrogen and oxygen atoms in total. The molecule has 2 N–H and O–H groups in total. The number of thiocarbonyl (C=S) groups is 1. The van der Waals surface area contributed by atoms with E-state index >= 15 is 0 Å². The normalized spacial score (nSPS) is 16.4. The Morgan fingerprint density at radius 3 is 2.21 bits per heavy atom. The van der Waals surface area contributed by atoms with Crippen LogP contribution in [0.4, 0.5) is 0 Å². The summed E-state index contributed by atoms with van der Waals surface area (Å²) in [5, 5.41) is 18.2. The van der Waals surface area contributed by atoms with Crippen molar-refractivity contribution in [3.8, 4) is 11.1 Å². The molecule has 0 spiro atoms. The molecule has 1 aliphatic heterocycles. The molecule has 1 aliphatic rings. The van der Waals surface area contributed by atoms with Gasteiger partial charge in [0.1, 0.15) is 10.4 Å². The summed E-state index contributed by atoms with van der Waals surface area (Å²) < 4.78 is 0.0332. The average molecular weight is 413 g/mol. The lowest BCUT2D eigenvalue weighted by Gasteiger charge is -2.21. The number of rotatable bonds is 6. The van der Waals surface area contributed by atoms with Crippen molar-refractivity contribution in [3.05, 3.63) is 65.1 Å². The van der Waals surface area contributed by atoms with Gasteiger partial charge in [0.15, 0.2) is 0 Å². The summed E-state index contributed by atoms with van der Waals surface area (Å²) in [6.45, 7) is 0. The Balaban J connectivity index is 1.83. The fraction of sp³-hybridized carbons (Fsp3) is 0.100. The molecule has 1 amide bonds. The Morgan fingerprint density at radius 1 is 1.04 bits per heavy atom. The summed E-state index contributed by atoms with van der Waals surface area (Å²) in [5.41, 5.74) is 2.85. The number of carboxylic acids is 2. The van der Waals surface area contributed by atoms with Gasteiger partial charge in [-0.3, -0.25) is 14.5 Å². The highest BCUT2D eigenvalue weighted by Gasteiger charge is 2.41. The van der Waals surface area contributed by atoms with Crippen molar-refractivity contribution in [2.24, 2.45) is 0 Å². The summed E-state index contributed by atoms with van der Waals surface area (Å²) >= 11 is 6.08. The number of benzene rings is 2. The predicted octanol–water partition coefficient (Wildman–Crippen LogP) is 3.48. The maximum Gasteiger partial charge on any atom is 0.327 e. The second-order valence-corrected chi connectivity index (χ2v) is 7.67. The lowest BCUT2D eigenvalue weighted by molar-refractivity contribution is -0.150. The Bertz CT molecular complexity index is 970. The molecule has 1 atom stereocenters. The lowest BCUT2D eigenvalue weighted by atomic mass is 10.0. The summed E-state index contributed by atoms with van der Waals surface area (Å²) in [4.78, 5) is 36.1. The van der Waals surface area contributed by atoms with E-state index in [1.807, 2.05) is 54.6 Å². The highest BCUT2D eigenvalue weighted by Crippen LogP contribution is 2.35. The van der Waals surface area contributed by atoms with Crippen LogP contribution in [-0.4, -0.2) is 43.3 Å². The van der Waals surface area contributed by atoms with Crippen LogP contribution in [0.5, 0.6) is 0 Å². The molecule has 2 aromatic carbocycles. The first kappa shape index (κ1) is 19.8.